The molecule has 0 saturated heterocycles. The normalized spacial score (nSPS) is 10.7. The first-order valence-electron chi connectivity index (χ1n) is 9.25. The number of nitro groups is 1. The maximum absolute atomic E-state index is 12.4. The Morgan fingerprint density at radius 3 is 2.71 bits per heavy atom. The Balaban J connectivity index is 2.15. The molecule has 0 aromatic heterocycles. The van der Waals surface area contributed by atoms with E-state index >= 15 is 0 Å². The summed E-state index contributed by atoms with van der Waals surface area (Å²) >= 11 is 5.75. The van der Waals surface area contributed by atoms with Crippen LogP contribution >= 0.6 is 11.6 Å². The molecular weight excluding hydrogens is 424 g/mol. The Kier molecular flexibility index (Phi) is 8.54. The molecule has 2 rings (SSSR count). The molecule has 2 aromatic carbocycles. The first-order chi connectivity index (χ1) is 14.9. The summed E-state index contributed by atoms with van der Waals surface area (Å²) in [5.74, 6) is -1.32. The number of halogens is 1. The van der Waals surface area contributed by atoms with Gasteiger partial charge in [0.25, 0.3) is 11.6 Å². The van der Waals surface area contributed by atoms with Crippen LogP contribution < -0.4 is 10.6 Å². The van der Waals surface area contributed by atoms with Crippen LogP contribution in [0.4, 0.5) is 17.1 Å². The number of nitriles is 1. The molecule has 10 heteroatoms. The molecule has 1 amide bonds. The van der Waals surface area contributed by atoms with Gasteiger partial charge in [0.05, 0.1) is 22.8 Å². The number of carbonyl (C=O) groups excluding carboxylic acids is 2. The van der Waals surface area contributed by atoms with Crippen LogP contribution in [0, 0.1) is 21.4 Å². The maximum Gasteiger partial charge on any atom is 0.340 e. The standard InChI is InChI=1S/C21H19ClN4O5/c1-2-3-10-31-21(28)16-6-4-5-7-18(16)24-13-14(12-23)20(27)25-15-8-9-17(22)19(11-15)26(29)30/h4-9,11,13,24H,2-3,10H2,1H3,(H,25,27)/b14-13-. The third kappa shape index (κ3) is 6.55. The van der Waals surface area contributed by atoms with Gasteiger partial charge < -0.3 is 15.4 Å². The highest BCUT2D eigenvalue weighted by Gasteiger charge is 2.16. The fourth-order valence-electron chi connectivity index (χ4n) is 2.40. The number of carbonyl (C=O) groups is 2. The van der Waals surface area contributed by atoms with E-state index in [1.807, 2.05) is 6.92 Å². The van der Waals surface area contributed by atoms with Gasteiger partial charge in [0, 0.05) is 18.0 Å². The predicted octanol–water partition coefficient (Wildman–Crippen LogP) is 4.66. The minimum absolute atomic E-state index is 0.0804. The quantitative estimate of drug-likeness (QED) is 0.144. The highest BCUT2D eigenvalue weighted by atomic mass is 35.5. The number of nitrogens with zero attached hydrogens (tertiary/aromatic N) is 2. The number of amides is 1. The summed E-state index contributed by atoms with van der Waals surface area (Å²) in [4.78, 5) is 34.9. The zero-order chi connectivity index (χ0) is 22.8. The molecule has 0 aliphatic rings. The van der Waals surface area contributed by atoms with Crippen molar-refractivity contribution in [3.63, 3.8) is 0 Å². The van der Waals surface area contributed by atoms with Crippen molar-refractivity contribution in [1.29, 1.82) is 5.26 Å². The summed E-state index contributed by atoms with van der Waals surface area (Å²) in [6.07, 6.45) is 2.76. The fourth-order valence-corrected chi connectivity index (χ4v) is 2.59. The molecule has 31 heavy (non-hydrogen) atoms. The Bertz CT molecular complexity index is 1060. The van der Waals surface area contributed by atoms with Crippen molar-refractivity contribution < 1.29 is 19.2 Å². The number of para-hydroxylation sites is 1. The lowest BCUT2D eigenvalue weighted by molar-refractivity contribution is -0.384. The number of esters is 1. The summed E-state index contributed by atoms with van der Waals surface area (Å²) in [6, 6.07) is 12.0. The van der Waals surface area contributed by atoms with Gasteiger partial charge in [-0.1, -0.05) is 37.1 Å². The zero-order valence-electron chi connectivity index (χ0n) is 16.6. The summed E-state index contributed by atoms with van der Waals surface area (Å²) < 4.78 is 5.20. The van der Waals surface area contributed by atoms with Crippen LogP contribution in [-0.2, 0) is 9.53 Å². The second-order valence-corrected chi connectivity index (χ2v) is 6.63. The number of nitro benzene ring substituents is 1. The molecule has 2 aromatic rings. The van der Waals surface area contributed by atoms with E-state index in [1.54, 1.807) is 30.3 Å². The number of ether oxygens (including phenoxy) is 1. The van der Waals surface area contributed by atoms with Gasteiger partial charge in [-0.25, -0.2) is 4.79 Å². The molecule has 9 nitrogen and oxygen atoms in total. The Hall–Kier alpha value is -3.90. The SMILES string of the molecule is CCCCOC(=O)c1ccccc1N/C=C(/C#N)C(=O)Nc1ccc(Cl)c([N+](=O)[O-])c1. The van der Waals surface area contributed by atoms with E-state index in [9.17, 15) is 25.0 Å². The van der Waals surface area contributed by atoms with Crippen LogP contribution in [0.2, 0.25) is 5.02 Å². The van der Waals surface area contributed by atoms with E-state index < -0.39 is 16.8 Å². The minimum atomic E-state index is -0.797. The van der Waals surface area contributed by atoms with Gasteiger partial charge in [0.15, 0.2) is 0 Å². The zero-order valence-corrected chi connectivity index (χ0v) is 17.3. The summed E-state index contributed by atoms with van der Waals surface area (Å²) in [7, 11) is 0. The Morgan fingerprint density at radius 2 is 2.03 bits per heavy atom. The third-order valence-corrected chi connectivity index (χ3v) is 4.34. The number of benzene rings is 2. The fraction of sp³-hybridized carbons (Fsp3) is 0.190. The molecular formula is C21H19ClN4O5. The lowest BCUT2D eigenvalue weighted by Gasteiger charge is -2.10. The van der Waals surface area contributed by atoms with Gasteiger partial charge in [-0.2, -0.15) is 5.26 Å². The molecule has 0 radical (unpaired) electrons. The largest absolute Gasteiger partial charge is 0.462 e. The van der Waals surface area contributed by atoms with Gasteiger partial charge in [0.2, 0.25) is 0 Å². The minimum Gasteiger partial charge on any atom is -0.462 e. The topological polar surface area (TPSA) is 134 Å². The second kappa shape index (κ2) is 11.3. The van der Waals surface area contributed by atoms with Crippen LogP contribution in [0.3, 0.4) is 0 Å². The van der Waals surface area contributed by atoms with Crippen LogP contribution in [-0.4, -0.2) is 23.4 Å². The van der Waals surface area contributed by atoms with E-state index in [2.05, 4.69) is 10.6 Å². The second-order valence-electron chi connectivity index (χ2n) is 6.23. The monoisotopic (exact) mass is 442 g/mol. The highest BCUT2D eigenvalue weighted by molar-refractivity contribution is 6.32. The first kappa shape index (κ1) is 23.4. The molecule has 2 N–H and O–H groups in total. The maximum atomic E-state index is 12.4. The van der Waals surface area contributed by atoms with Crippen molar-refractivity contribution in [2.45, 2.75) is 19.8 Å². The van der Waals surface area contributed by atoms with E-state index in [4.69, 9.17) is 16.3 Å². The van der Waals surface area contributed by atoms with Crippen molar-refractivity contribution in [1.82, 2.24) is 0 Å². The molecule has 0 atom stereocenters. The number of rotatable bonds is 9. The van der Waals surface area contributed by atoms with Crippen molar-refractivity contribution >= 4 is 40.5 Å². The lowest BCUT2D eigenvalue weighted by atomic mass is 10.1. The Labute approximate surface area is 183 Å². The predicted molar refractivity (Wildman–Crippen MR) is 116 cm³/mol. The molecule has 0 saturated carbocycles. The number of hydrogen-bond acceptors (Lipinski definition) is 7. The number of anilines is 2. The molecule has 0 aliphatic carbocycles. The van der Waals surface area contributed by atoms with Crippen LogP contribution in [0.1, 0.15) is 30.1 Å². The molecule has 0 heterocycles. The van der Waals surface area contributed by atoms with E-state index in [0.29, 0.717) is 12.3 Å². The molecule has 0 unspecified atom stereocenters. The summed E-state index contributed by atoms with van der Waals surface area (Å²) in [6.45, 7) is 2.27. The van der Waals surface area contributed by atoms with Crippen molar-refractivity contribution in [2.75, 3.05) is 17.2 Å². The molecule has 0 aliphatic heterocycles. The third-order valence-electron chi connectivity index (χ3n) is 4.02. The summed E-state index contributed by atoms with van der Waals surface area (Å²) in [5.41, 5.74) is 0.0112. The van der Waals surface area contributed by atoms with Crippen molar-refractivity contribution in [2.24, 2.45) is 0 Å². The van der Waals surface area contributed by atoms with Gasteiger partial charge in [0.1, 0.15) is 16.7 Å². The number of unbranched alkanes of at least 4 members (excludes halogenated alkanes) is 1. The van der Waals surface area contributed by atoms with Crippen LogP contribution in [0.5, 0.6) is 0 Å². The van der Waals surface area contributed by atoms with Gasteiger partial charge >= 0.3 is 5.97 Å². The van der Waals surface area contributed by atoms with Crippen LogP contribution in [0.15, 0.2) is 54.2 Å². The van der Waals surface area contributed by atoms with Crippen LogP contribution in [0.25, 0.3) is 0 Å². The molecule has 160 valence electrons. The van der Waals surface area contributed by atoms with E-state index in [-0.39, 0.29) is 27.5 Å². The average molecular weight is 443 g/mol. The highest BCUT2D eigenvalue weighted by Crippen LogP contribution is 2.27. The van der Waals surface area contributed by atoms with Gasteiger partial charge in [-0.05, 0) is 30.7 Å². The number of hydrogen-bond donors (Lipinski definition) is 2. The Morgan fingerprint density at radius 1 is 1.29 bits per heavy atom. The van der Waals surface area contributed by atoms with Gasteiger partial charge in [-0.15, -0.1) is 0 Å². The number of nitrogens with one attached hydrogen (secondary N) is 2. The summed E-state index contributed by atoms with van der Waals surface area (Å²) in [5, 5.41) is 25.4. The first-order valence-corrected chi connectivity index (χ1v) is 9.63. The average Bonchev–Trinajstić information content (AvgIpc) is 2.75. The van der Waals surface area contributed by atoms with Crippen molar-refractivity contribution in [3.8, 4) is 6.07 Å². The molecule has 0 spiro atoms. The molecule has 0 fully saturated rings. The van der Waals surface area contributed by atoms with E-state index in [0.717, 1.165) is 25.1 Å². The van der Waals surface area contributed by atoms with Crippen molar-refractivity contribution in [3.05, 3.63) is 74.9 Å². The lowest BCUT2D eigenvalue weighted by Crippen LogP contribution is -2.15. The van der Waals surface area contributed by atoms with E-state index in [1.165, 1.54) is 12.1 Å². The smallest absolute Gasteiger partial charge is 0.340 e. The molecule has 0 bridgehead atoms. The van der Waals surface area contributed by atoms with Gasteiger partial charge in [-0.3, -0.25) is 14.9 Å².